The first-order valence-corrected chi connectivity index (χ1v) is 19.2. The van der Waals surface area contributed by atoms with E-state index >= 15 is 4.57 Å². The maximum Gasteiger partial charge on any atom is 0.408 e. The lowest BCUT2D eigenvalue weighted by Crippen LogP contribution is -2.52. The SMILES string of the molecule is CCOC(=O)C(CCc1ccccc1)CP(=O)(OC12CC3CC(CC(C3)C1)C2)C(Cc1ccccc1)NC(=O)OCc1ccccc1. The smallest absolute Gasteiger partial charge is 0.408 e. The van der Waals surface area contributed by atoms with Crippen molar-refractivity contribution in [1.29, 1.82) is 0 Å². The highest BCUT2D eigenvalue weighted by Crippen LogP contribution is 2.65. The Morgan fingerprint density at radius 1 is 0.787 bits per heavy atom. The minimum atomic E-state index is -3.76. The van der Waals surface area contributed by atoms with E-state index in [4.69, 9.17) is 14.0 Å². The zero-order chi connectivity index (χ0) is 32.7. The molecule has 0 radical (unpaired) electrons. The molecule has 3 atom stereocenters. The highest BCUT2D eigenvalue weighted by molar-refractivity contribution is 7.59. The standard InChI is InChI=1S/C39H48NO6P/c1-2-44-37(41)35(19-18-29-12-6-3-7-13-29)28-47(43,46-39-24-32-20-33(25-39)22-34(21-32)26-39)36(23-30-14-8-4-9-15-30)40-38(42)45-27-31-16-10-5-11-17-31/h3-17,32-36H,2,18-28H2,1H3,(H,40,42). The fourth-order valence-electron chi connectivity index (χ4n) is 8.56. The monoisotopic (exact) mass is 657 g/mol. The highest BCUT2D eigenvalue weighted by Gasteiger charge is 2.55. The van der Waals surface area contributed by atoms with Crippen LogP contribution in [0.2, 0.25) is 0 Å². The van der Waals surface area contributed by atoms with Crippen LogP contribution in [0, 0.1) is 23.7 Å². The van der Waals surface area contributed by atoms with Crippen LogP contribution in [0.15, 0.2) is 91.0 Å². The number of carbonyl (C=O) groups is 2. The normalized spacial score (nSPS) is 25.3. The molecule has 47 heavy (non-hydrogen) atoms. The molecule has 0 saturated heterocycles. The van der Waals surface area contributed by atoms with Crippen molar-refractivity contribution in [2.75, 3.05) is 12.8 Å². The van der Waals surface area contributed by atoms with Crippen molar-refractivity contribution >= 4 is 19.4 Å². The fraction of sp³-hybridized carbons (Fsp3) is 0.487. The van der Waals surface area contributed by atoms with Gasteiger partial charge in [0.25, 0.3) is 0 Å². The Hall–Kier alpha value is -3.41. The van der Waals surface area contributed by atoms with E-state index < -0.39 is 30.8 Å². The van der Waals surface area contributed by atoms with E-state index in [0.717, 1.165) is 36.0 Å². The average molecular weight is 658 g/mol. The summed E-state index contributed by atoms with van der Waals surface area (Å²) in [5, 5.41) is 3.01. The summed E-state index contributed by atoms with van der Waals surface area (Å²) in [6.45, 7) is 2.12. The predicted molar refractivity (Wildman–Crippen MR) is 183 cm³/mol. The molecule has 7 rings (SSSR count). The molecule has 250 valence electrons. The van der Waals surface area contributed by atoms with Crippen molar-refractivity contribution in [2.45, 2.75) is 82.7 Å². The summed E-state index contributed by atoms with van der Waals surface area (Å²) >= 11 is 0. The van der Waals surface area contributed by atoms with Crippen molar-refractivity contribution in [3.63, 3.8) is 0 Å². The van der Waals surface area contributed by atoms with Gasteiger partial charge in [0, 0.05) is 12.6 Å². The Kier molecular flexibility index (Phi) is 10.8. The Labute approximate surface area is 279 Å². The molecule has 1 N–H and O–H groups in total. The molecule has 4 aliphatic rings. The van der Waals surface area contributed by atoms with E-state index in [1.165, 1.54) is 19.3 Å². The van der Waals surface area contributed by atoms with Gasteiger partial charge >= 0.3 is 12.1 Å². The third kappa shape index (κ3) is 8.74. The number of rotatable bonds is 15. The summed E-state index contributed by atoms with van der Waals surface area (Å²) in [5.74, 6) is -0.187. The van der Waals surface area contributed by atoms with Crippen molar-refractivity contribution < 1.29 is 28.2 Å². The van der Waals surface area contributed by atoms with Crippen LogP contribution in [-0.2, 0) is 42.8 Å². The molecule has 0 aromatic heterocycles. The number of carbonyl (C=O) groups excluding carboxylic acids is 2. The highest BCUT2D eigenvalue weighted by atomic mass is 31.2. The van der Waals surface area contributed by atoms with Gasteiger partial charge in [0.1, 0.15) is 12.4 Å². The van der Waals surface area contributed by atoms with Gasteiger partial charge in [-0.3, -0.25) is 9.36 Å². The van der Waals surface area contributed by atoms with Gasteiger partial charge in [-0.1, -0.05) is 91.0 Å². The lowest BCUT2D eigenvalue weighted by atomic mass is 9.54. The van der Waals surface area contributed by atoms with Crippen molar-refractivity contribution in [3.8, 4) is 0 Å². The van der Waals surface area contributed by atoms with Crippen LogP contribution in [0.25, 0.3) is 0 Å². The van der Waals surface area contributed by atoms with Crippen LogP contribution >= 0.6 is 7.37 Å². The zero-order valence-corrected chi connectivity index (χ0v) is 28.3. The lowest BCUT2D eigenvalue weighted by molar-refractivity contribution is -0.147. The van der Waals surface area contributed by atoms with Crippen LogP contribution in [0.5, 0.6) is 0 Å². The quantitative estimate of drug-likeness (QED) is 0.130. The second-order valence-corrected chi connectivity index (χ2v) is 16.6. The molecule has 4 saturated carbocycles. The first kappa shape index (κ1) is 33.5. The number of nitrogens with one attached hydrogen (secondary N) is 1. The van der Waals surface area contributed by atoms with Crippen LogP contribution in [0.3, 0.4) is 0 Å². The van der Waals surface area contributed by atoms with Gasteiger partial charge in [-0.15, -0.1) is 0 Å². The van der Waals surface area contributed by atoms with Gasteiger partial charge < -0.3 is 19.3 Å². The number of amides is 1. The van der Waals surface area contributed by atoms with Crippen molar-refractivity contribution in [3.05, 3.63) is 108 Å². The molecular formula is C39H48NO6P. The molecule has 7 nitrogen and oxygen atoms in total. The van der Waals surface area contributed by atoms with Gasteiger partial charge in [0.15, 0.2) is 0 Å². The minimum absolute atomic E-state index is 0.00309. The molecular weight excluding hydrogens is 609 g/mol. The second kappa shape index (κ2) is 15.2. The van der Waals surface area contributed by atoms with Gasteiger partial charge in [0.2, 0.25) is 7.37 Å². The molecule has 8 heteroatoms. The maximum atomic E-state index is 15.8. The third-order valence-corrected chi connectivity index (χ3v) is 13.2. The zero-order valence-electron chi connectivity index (χ0n) is 27.4. The van der Waals surface area contributed by atoms with E-state index in [9.17, 15) is 9.59 Å². The predicted octanol–water partition coefficient (Wildman–Crippen LogP) is 8.56. The summed E-state index contributed by atoms with van der Waals surface area (Å²) in [5.41, 5.74) is 2.38. The number of benzene rings is 3. The molecule has 0 aliphatic heterocycles. The van der Waals surface area contributed by atoms with Gasteiger partial charge in [0.05, 0.1) is 18.1 Å². The number of alkyl carbamates (subject to hydrolysis) is 1. The number of esters is 1. The average Bonchev–Trinajstić information content (AvgIpc) is 3.06. The molecule has 4 aliphatic carbocycles. The summed E-state index contributed by atoms with van der Waals surface area (Å²) in [7, 11) is -3.76. The van der Waals surface area contributed by atoms with E-state index in [0.29, 0.717) is 37.0 Å². The molecule has 3 unspecified atom stereocenters. The summed E-state index contributed by atoms with van der Waals surface area (Å²) in [6.07, 6.45) is 7.03. The topological polar surface area (TPSA) is 90.9 Å². The van der Waals surface area contributed by atoms with Gasteiger partial charge in [-0.05, 0) is 92.7 Å². The van der Waals surface area contributed by atoms with Crippen LogP contribution in [0.1, 0.15) is 68.6 Å². The first-order valence-electron chi connectivity index (χ1n) is 17.3. The summed E-state index contributed by atoms with van der Waals surface area (Å²) in [4.78, 5) is 27.0. The maximum absolute atomic E-state index is 15.8. The first-order chi connectivity index (χ1) is 22.8. The Morgan fingerprint density at radius 2 is 1.32 bits per heavy atom. The molecule has 3 aromatic rings. The van der Waals surface area contributed by atoms with Crippen LogP contribution < -0.4 is 5.32 Å². The molecule has 4 bridgehead atoms. The number of aryl methyl sites for hydroxylation is 1. The molecule has 0 spiro atoms. The van der Waals surface area contributed by atoms with Gasteiger partial charge in [-0.2, -0.15) is 0 Å². The fourth-order valence-corrected chi connectivity index (χ4v) is 11.6. The van der Waals surface area contributed by atoms with Crippen molar-refractivity contribution in [1.82, 2.24) is 5.32 Å². The van der Waals surface area contributed by atoms with E-state index in [2.05, 4.69) is 5.32 Å². The second-order valence-electron chi connectivity index (χ2n) is 14.0. The summed E-state index contributed by atoms with van der Waals surface area (Å²) in [6, 6.07) is 29.3. The molecule has 0 heterocycles. The number of hydrogen-bond acceptors (Lipinski definition) is 6. The Balaban J connectivity index is 1.32. The van der Waals surface area contributed by atoms with Crippen LogP contribution in [-0.4, -0.2) is 36.2 Å². The lowest BCUT2D eigenvalue weighted by Gasteiger charge is -2.57. The molecule has 3 aromatic carbocycles. The van der Waals surface area contributed by atoms with Gasteiger partial charge in [-0.25, -0.2) is 4.79 Å². The van der Waals surface area contributed by atoms with Crippen molar-refractivity contribution in [2.24, 2.45) is 23.7 Å². The van der Waals surface area contributed by atoms with E-state index in [1.54, 1.807) is 6.92 Å². The Bertz CT molecular complexity index is 1480. The third-order valence-electron chi connectivity index (χ3n) is 10.3. The number of ether oxygens (including phenoxy) is 2. The largest absolute Gasteiger partial charge is 0.466 e. The molecule has 4 fully saturated rings. The Morgan fingerprint density at radius 3 is 1.87 bits per heavy atom. The molecule has 1 amide bonds. The number of hydrogen-bond donors (Lipinski definition) is 1. The van der Waals surface area contributed by atoms with E-state index in [1.807, 2.05) is 91.0 Å². The van der Waals surface area contributed by atoms with Crippen LogP contribution in [0.4, 0.5) is 4.79 Å². The van der Waals surface area contributed by atoms with E-state index in [-0.39, 0.29) is 25.3 Å². The summed E-state index contributed by atoms with van der Waals surface area (Å²) < 4.78 is 34.2. The minimum Gasteiger partial charge on any atom is -0.466 e.